The monoisotopic (exact) mass is 290 g/mol. The third-order valence-corrected chi connectivity index (χ3v) is 2.79. The molecule has 108 valence electrons. The third-order valence-electron chi connectivity index (χ3n) is 2.79. The number of hydrogen-bond acceptors (Lipinski definition) is 5. The zero-order valence-corrected chi connectivity index (χ0v) is 12.3. The number of ether oxygens (including phenoxy) is 1. The molecule has 0 bridgehead atoms. The molecular formula is C17H14N4O. The predicted octanol–water partition coefficient (Wildman–Crippen LogP) is 3.91. The van der Waals surface area contributed by atoms with E-state index in [-0.39, 0.29) is 5.71 Å². The van der Waals surface area contributed by atoms with Crippen molar-refractivity contribution in [2.75, 3.05) is 5.43 Å². The van der Waals surface area contributed by atoms with Crippen LogP contribution < -0.4 is 10.2 Å². The summed E-state index contributed by atoms with van der Waals surface area (Å²) in [5.41, 5.74) is 5.36. The van der Waals surface area contributed by atoms with E-state index in [1.54, 1.807) is 36.4 Å². The fraction of sp³-hybridized carbons (Fsp3) is 0.118. The first-order chi connectivity index (χ1) is 10.6. The first-order valence-corrected chi connectivity index (χ1v) is 6.61. The van der Waals surface area contributed by atoms with Gasteiger partial charge in [0.15, 0.2) is 0 Å². The van der Waals surface area contributed by atoms with Crippen LogP contribution in [-0.2, 0) is 0 Å². The Morgan fingerprint density at radius 2 is 1.55 bits per heavy atom. The van der Waals surface area contributed by atoms with E-state index < -0.39 is 0 Å². The second kappa shape index (κ2) is 6.92. The van der Waals surface area contributed by atoms with Crippen molar-refractivity contribution in [3.63, 3.8) is 0 Å². The molecule has 0 atom stereocenters. The molecule has 0 heterocycles. The van der Waals surface area contributed by atoms with Crippen molar-refractivity contribution in [1.29, 1.82) is 10.5 Å². The number of nitrogens with zero attached hydrogens (tertiary/aromatic N) is 3. The van der Waals surface area contributed by atoms with Crippen LogP contribution in [0.5, 0.6) is 11.5 Å². The summed E-state index contributed by atoms with van der Waals surface area (Å²) in [5, 5.41) is 20.9. The Kier molecular flexibility index (Phi) is 4.74. The summed E-state index contributed by atoms with van der Waals surface area (Å²) in [6.45, 7) is 4.04. The van der Waals surface area contributed by atoms with E-state index in [0.717, 1.165) is 16.9 Å². The van der Waals surface area contributed by atoms with Gasteiger partial charge in [-0.05, 0) is 61.4 Å². The zero-order valence-electron chi connectivity index (χ0n) is 12.3. The minimum atomic E-state index is -0.226. The molecule has 0 saturated heterocycles. The number of nitrogens with one attached hydrogen (secondary N) is 1. The molecule has 0 aliphatic rings. The number of anilines is 1. The maximum Gasteiger partial charge on any atom is 0.237 e. The minimum absolute atomic E-state index is 0.226. The van der Waals surface area contributed by atoms with Crippen LogP contribution in [0.4, 0.5) is 5.69 Å². The summed E-state index contributed by atoms with van der Waals surface area (Å²) >= 11 is 0. The molecular weight excluding hydrogens is 276 g/mol. The van der Waals surface area contributed by atoms with Gasteiger partial charge in [-0.3, -0.25) is 5.43 Å². The molecule has 0 spiro atoms. The van der Waals surface area contributed by atoms with E-state index in [0.29, 0.717) is 11.4 Å². The van der Waals surface area contributed by atoms with Gasteiger partial charge in [0.2, 0.25) is 5.71 Å². The number of hydrazone groups is 1. The van der Waals surface area contributed by atoms with Gasteiger partial charge in [0.1, 0.15) is 23.6 Å². The Morgan fingerprint density at radius 1 is 0.955 bits per heavy atom. The van der Waals surface area contributed by atoms with E-state index >= 15 is 0 Å². The van der Waals surface area contributed by atoms with Gasteiger partial charge < -0.3 is 4.74 Å². The molecule has 2 aromatic rings. The topological polar surface area (TPSA) is 81.2 Å². The lowest BCUT2D eigenvalue weighted by Gasteiger charge is -2.08. The lowest BCUT2D eigenvalue weighted by atomic mass is 10.1. The van der Waals surface area contributed by atoms with E-state index in [4.69, 9.17) is 15.3 Å². The number of aryl methyl sites for hydroxylation is 2. The summed E-state index contributed by atoms with van der Waals surface area (Å²) < 4.78 is 5.79. The highest BCUT2D eigenvalue weighted by atomic mass is 16.5. The third kappa shape index (κ3) is 4.09. The fourth-order valence-corrected chi connectivity index (χ4v) is 1.92. The highest BCUT2D eigenvalue weighted by Gasteiger charge is 2.00. The minimum Gasteiger partial charge on any atom is -0.457 e. The van der Waals surface area contributed by atoms with Gasteiger partial charge in [-0.15, -0.1) is 0 Å². The summed E-state index contributed by atoms with van der Waals surface area (Å²) in [7, 11) is 0. The summed E-state index contributed by atoms with van der Waals surface area (Å²) in [5.74, 6) is 1.48. The largest absolute Gasteiger partial charge is 0.457 e. The molecule has 0 fully saturated rings. The smallest absolute Gasteiger partial charge is 0.237 e. The summed E-state index contributed by atoms with van der Waals surface area (Å²) in [6.07, 6.45) is 0. The van der Waals surface area contributed by atoms with Crippen molar-refractivity contribution in [1.82, 2.24) is 0 Å². The number of benzene rings is 2. The quantitative estimate of drug-likeness (QED) is 0.683. The Hall–Kier alpha value is -3.31. The van der Waals surface area contributed by atoms with Gasteiger partial charge in [0, 0.05) is 0 Å². The molecule has 0 radical (unpaired) electrons. The normalized spacial score (nSPS) is 9.27. The van der Waals surface area contributed by atoms with E-state index in [1.807, 2.05) is 26.0 Å². The second-order valence-corrected chi connectivity index (χ2v) is 4.75. The van der Waals surface area contributed by atoms with Gasteiger partial charge in [0.05, 0.1) is 5.69 Å². The lowest BCUT2D eigenvalue weighted by Crippen LogP contribution is -1.96. The van der Waals surface area contributed by atoms with Gasteiger partial charge in [-0.1, -0.05) is 6.07 Å². The van der Waals surface area contributed by atoms with Crippen molar-refractivity contribution >= 4 is 11.4 Å². The number of nitriles is 2. The number of hydrogen-bond donors (Lipinski definition) is 1. The van der Waals surface area contributed by atoms with Crippen LogP contribution >= 0.6 is 0 Å². The van der Waals surface area contributed by atoms with Crippen LogP contribution in [0.3, 0.4) is 0 Å². The van der Waals surface area contributed by atoms with Crippen LogP contribution in [0.25, 0.3) is 0 Å². The van der Waals surface area contributed by atoms with Crippen LogP contribution in [0, 0.1) is 36.5 Å². The standard InChI is InChI=1S/C17H14N4O/c1-12-7-13(2)9-17(8-12)22-16-5-3-14(4-6-16)20-21-15(10-18)11-19/h3-9,20H,1-2H3. The maximum atomic E-state index is 8.59. The van der Waals surface area contributed by atoms with Crippen LogP contribution in [0.2, 0.25) is 0 Å². The first kappa shape index (κ1) is 15.1. The molecule has 0 saturated carbocycles. The highest BCUT2D eigenvalue weighted by Crippen LogP contribution is 2.25. The van der Waals surface area contributed by atoms with Crippen molar-refractivity contribution in [3.8, 4) is 23.6 Å². The molecule has 1 N–H and O–H groups in total. The summed E-state index contributed by atoms with van der Waals surface area (Å²) in [6, 6.07) is 16.5. The van der Waals surface area contributed by atoms with Gasteiger partial charge in [-0.25, -0.2) is 0 Å². The maximum absolute atomic E-state index is 8.59. The van der Waals surface area contributed by atoms with Gasteiger partial charge in [0.25, 0.3) is 0 Å². The summed E-state index contributed by atoms with van der Waals surface area (Å²) in [4.78, 5) is 0. The molecule has 5 nitrogen and oxygen atoms in total. The van der Waals surface area contributed by atoms with E-state index in [1.165, 1.54) is 0 Å². The predicted molar refractivity (Wildman–Crippen MR) is 84.7 cm³/mol. The molecule has 0 aromatic heterocycles. The molecule has 5 heteroatoms. The zero-order chi connectivity index (χ0) is 15.9. The van der Waals surface area contributed by atoms with Crippen molar-refractivity contribution < 1.29 is 4.74 Å². The van der Waals surface area contributed by atoms with Gasteiger partial charge in [-0.2, -0.15) is 15.6 Å². The molecule has 0 unspecified atom stereocenters. The van der Waals surface area contributed by atoms with Crippen molar-refractivity contribution in [3.05, 3.63) is 53.6 Å². The van der Waals surface area contributed by atoms with Crippen molar-refractivity contribution in [2.24, 2.45) is 5.10 Å². The molecule has 22 heavy (non-hydrogen) atoms. The molecule has 0 amide bonds. The SMILES string of the molecule is Cc1cc(C)cc(Oc2ccc(NN=C(C#N)C#N)cc2)c1. The van der Waals surface area contributed by atoms with Crippen LogP contribution in [0.15, 0.2) is 47.6 Å². The first-order valence-electron chi connectivity index (χ1n) is 6.61. The second-order valence-electron chi connectivity index (χ2n) is 4.75. The molecule has 0 aliphatic carbocycles. The Morgan fingerprint density at radius 3 is 2.09 bits per heavy atom. The van der Waals surface area contributed by atoms with Crippen LogP contribution in [-0.4, -0.2) is 5.71 Å². The average Bonchev–Trinajstić information content (AvgIpc) is 2.49. The Bertz CT molecular complexity index is 744. The Balaban J connectivity index is 2.08. The van der Waals surface area contributed by atoms with E-state index in [2.05, 4.69) is 16.6 Å². The average molecular weight is 290 g/mol. The highest BCUT2D eigenvalue weighted by molar-refractivity contribution is 6.10. The van der Waals surface area contributed by atoms with Gasteiger partial charge >= 0.3 is 0 Å². The molecule has 0 aliphatic heterocycles. The number of rotatable bonds is 4. The molecule has 2 rings (SSSR count). The van der Waals surface area contributed by atoms with Crippen molar-refractivity contribution in [2.45, 2.75) is 13.8 Å². The molecule has 2 aromatic carbocycles. The Labute approximate surface area is 129 Å². The van der Waals surface area contributed by atoms with E-state index in [9.17, 15) is 0 Å². The van der Waals surface area contributed by atoms with Crippen LogP contribution in [0.1, 0.15) is 11.1 Å². The lowest BCUT2D eigenvalue weighted by molar-refractivity contribution is 0.482. The fourth-order valence-electron chi connectivity index (χ4n) is 1.92.